The highest BCUT2D eigenvalue weighted by molar-refractivity contribution is 7.05. The van der Waals surface area contributed by atoms with Crippen LogP contribution in [0, 0.1) is 0 Å². The van der Waals surface area contributed by atoms with Crippen molar-refractivity contribution in [1.82, 2.24) is 0 Å². The first kappa shape index (κ1) is 68.7. The molecule has 0 saturated carbocycles. The number of nitrogens with zero attached hydrogens (tertiary/aromatic N) is 4. The topological polar surface area (TPSA) is 39.2 Å². The van der Waals surface area contributed by atoms with Crippen LogP contribution in [0.1, 0.15) is 0 Å². The van der Waals surface area contributed by atoms with Gasteiger partial charge in [-0.25, -0.2) is 0 Å². The number of anilines is 12. The minimum atomic E-state index is -2.11. The number of rotatable bonds is 16. The normalized spacial score (nSPS) is 12.6. The van der Waals surface area contributed by atoms with E-state index in [2.05, 4.69) is 458 Å². The van der Waals surface area contributed by atoms with E-state index >= 15 is 0 Å². The van der Waals surface area contributed by atoms with Crippen molar-refractivity contribution in [2.75, 3.05) is 19.6 Å². The van der Waals surface area contributed by atoms with Crippen LogP contribution in [0.15, 0.2) is 421 Å². The molecular formula is C104H80N4O2Si2. The van der Waals surface area contributed by atoms with Crippen LogP contribution in [0.25, 0.3) is 89.1 Å². The van der Waals surface area contributed by atoms with Crippen molar-refractivity contribution in [1.29, 1.82) is 0 Å². The third-order valence-corrected chi connectivity index (χ3v) is 29.5. The van der Waals surface area contributed by atoms with E-state index < -0.39 is 16.1 Å². The summed E-state index contributed by atoms with van der Waals surface area (Å²) in [7, 11) is -4.20. The third kappa shape index (κ3) is 12.7. The van der Waals surface area contributed by atoms with Gasteiger partial charge in [-0.15, -0.1) is 0 Å². The Labute approximate surface area is 656 Å². The summed E-state index contributed by atoms with van der Waals surface area (Å²) in [6.07, 6.45) is 0. The van der Waals surface area contributed by atoms with Crippen LogP contribution in [-0.2, 0) is 0 Å². The Hall–Kier alpha value is -13.8. The first-order valence-electron chi connectivity index (χ1n) is 38.5. The van der Waals surface area contributed by atoms with Crippen LogP contribution in [0.4, 0.5) is 68.2 Å². The SMILES string of the molecule is C[Si]1(C)c2ccc(N(c3ccccc3)c3ccc(-c4ccccc4)cc3)cc2-c2oc3cc(N(c4ccccc4)c4ccc(-c5ccccc5)cc4)ccc3c21.C[Si]1(C)c2ccc(N(c3ccccc3)c3cccc(-c4ccccc4)c3)cc2-c2oc3cc(N(c4ccccc4)c4cccc(-c5ccccc5)c4)ccc3c21. The smallest absolute Gasteiger partial charge is 0.136 e. The second-order valence-electron chi connectivity index (χ2n) is 30.0. The highest BCUT2D eigenvalue weighted by atomic mass is 28.3. The molecule has 8 heteroatoms. The van der Waals surface area contributed by atoms with Crippen LogP contribution in [-0.4, -0.2) is 16.1 Å². The summed E-state index contributed by atoms with van der Waals surface area (Å²) in [6.45, 7) is 9.85. The summed E-state index contributed by atoms with van der Waals surface area (Å²) in [5.41, 5.74) is 27.0. The van der Waals surface area contributed by atoms with Gasteiger partial charge in [-0.05, 0) is 211 Å². The molecule has 112 heavy (non-hydrogen) atoms. The van der Waals surface area contributed by atoms with E-state index in [9.17, 15) is 0 Å². The fourth-order valence-corrected chi connectivity index (χ4v) is 23.5. The first-order chi connectivity index (χ1) is 55.1. The number of hydrogen-bond donors (Lipinski definition) is 0. The minimum Gasteiger partial charge on any atom is -0.456 e. The van der Waals surface area contributed by atoms with Gasteiger partial charge in [0.2, 0.25) is 0 Å². The van der Waals surface area contributed by atoms with Gasteiger partial charge in [0.1, 0.15) is 38.8 Å². The zero-order valence-corrected chi connectivity index (χ0v) is 64.9. The molecule has 0 bridgehead atoms. The highest BCUT2D eigenvalue weighted by Crippen LogP contribution is 2.47. The maximum atomic E-state index is 7.04. The summed E-state index contributed by atoms with van der Waals surface area (Å²) < 4.78 is 14.1. The Morgan fingerprint density at radius 1 is 0.188 bits per heavy atom. The molecule has 18 aromatic rings. The monoisotopic (exact) mass is 1470 g/mol. The summed E-state index contributed by atoms with van der Waals surface area (Å²) in [4.78, 5) is 9.36. The van der Waals surface area contributed by atoms with E-state index in [1.165, 1.54) is 87.2 Å². The minimum absolute atomic E-state index is 0.916. The molecule has 536 valence electrons. The van der Waals surface area contributed by atoms with Gasteiger partial charge in [0, 0.05) is 102 Å². The van der Waals surface area contributed by atoms with E-state index in [1.807, 2.05) is 0 Å². The molecular weight excluding hydrogens is 1390 g/mol. The van der Waals surface area contributed by atoms with Gasteiger partial charge in [-0.2, -0.15) is 0 Å². The summed E-state index contributed by atoms with van der Waals surface area (Å²) in [6, 6.07) is 148. The van der Waals surface area contributed by atoms with Crippen molar-refractivity contribution in [2.24, 2.45) is 0 Å². The molecule has 6 nitrogen and oxygen atoms in total. The van der Waals surface area contributed by atoms with Gasteiger partial charge in [-0.1, -0.05) is 281 Å². The molecule has 0 fully saturated rings. The van der Waals surface area contributed by atoms with E-state index in [0.717, 1.165) is 90.9 Å². The maximum absolute atomic E-state index is 7.04. The Bertz CT molecular complexity index is 6420. The van der Waals surface area contributed by atoms with E-state index in [1.54, 1.807) is 0 Å². The number of hydrogen-bond acceptors (Lipinski definition) is 6. The van der Waals surface area contributed by atoms with Gasteiger partial charge in [0.05, 0.1) is 0 Å². The molecule has 2 aliphatic rings. The van der Waals surface area contributed by atoms with Gasteiger partial charge in [0.25, 0.3) is 0 Å². The molecule has 4 heterocycles. The predicted octanol–water partition coefficient (Wildman–Crippen LogP) is 27.0. The second kappa shape index (κ2) is 29.0. The predicted molar refractivity (Wildman–Crippen MR) is 477 cm³/mol. The lowest BCUT2D eigenvalue weighted by Crippen LogP contribution is -2.49. The Morgan fingerprint density at radius 3 is 0.732 bits per heavy atom. The average molecular weight is 1470 g/mol. The molecule has 0 aliphatic carbocycles. The molecule has 0 radical (unpaired) electrons. The van der Waals surface area contributed by atoms with Crippen LogP contribution >= 0.6 is 0 Å². The number of furan rings is 2. The van der Waals surface area contributed by atoms with Crippen LogP contribution in [0.5, 0.6) is 0 Å². The van der Waals surface area contributed by atoms with Crippen molar-refractivity contribution in [3.63, 3.8) is 0 Å². The standard InChI is InChI=1S/2C52H40N2OSi/c1-56(2)50-32-30-45(53(41-23-11-5-12-24-41)43-27-15-21-39(33-43)37-17-7-3-8-18-37)35-48(50)51-52(56)47-31-29-46(36-49(47)55-51)54(42-25-13-6-14-26-42)44-28-16-22-40(34-44)38-19-9-4-10-20-38;1-56(2)50-34-32-45(53(41-19-11-5-12-20-41)43-27-23-39(24-28-43)37-15-7-3-8-16-37)35-48(50)51-52(56)47-33-31-46(36-49(47)55-51)54(42-21-13-6-14-22-42)44-29-25-40(26-30-44)38-17-9-4-10-18-38/h2*3-36H,1-2H3. The molecule has 20 rings (SSSR count). The Kier molecular flexibility index (Phi) is 17.8. The first-order valence-corrected chi connectivity index (χ1v) is 44.5. The number of para-hydroxylation sites is 4. The van der Waals surface area contributed by atoms with Crippen molar-refractivity contribution < 1.29 is 8.83 Å². The molecule has 0 atom stereocenters. The highest BCUT2D eigenvalue weighted by Gasteiger charge is 2.44. The lowest BCUT2D eigenvalue weighted by Gasteiger charge is -2.27. The molecule has 2 aliphatic heterocycles. The molecule has 2 aromatic heterocycles. The van der Waals surface area contributed by atoms with Gasteiger partial charge < -0.3 is 28.4 Å². The zero-order valence-electron chi connectivity index (χ0n) is 62.9. The summed E-state index contributed by atoms with van der Waals surface area (Å²) in [5.74, 6) is 2.02. The van der Waals surface area contributed by atoms with E-state index in [0.29, 0.717) is 0 Å². The Morgan fingerprint density at radius 2 is 0.411 bits per heavy atom. The fraction of sp³-hybridized carbons (Fsp3) is 0.0385. The lowest BCUT2D eigenvalue weighted by molar-refractivity contribution is 0.634. The van der Waals surface area contributed by atoms with Gasteiger partial charge >= 0.3 is 0 Å². The molecule has 0 N–H and O–H groups in total. The van der Waals surface area contributed by atoms with Crippen LogP contribution in [0.3, 0.4) is 0 Å². The van der Waals surface area contributed by atoms with E-state index in [4.69, 9.17) is 8.83 Å². The van der Waals surface area contributed by atoms with Crippen LogP contribution < -0.4 is 40.3 Å². The fourth-order valence-electron chi connectivity index (χ4n) is 17.0. The van der Waals surface area contributed by atoms with Crippen LogP contribution in [0.2, 0.25) is 26.2 Å². The lowest BCUT2D eigenvalue weighted by atomic mass is 10.0. The molecule has 0 spiro atoms. The molecule has 0 amide bonds. The molecule has 0 unspecified atom stereocenters. The molecule has 0 saturated heterocycles. The van der Waals surface area contributed by atoms with Gasteiger partial charge in [0.15, 0.2) is 0 Å². The van der Waals surface area contributed by atoms with Crippen molar-refractivity contribution in [2.45, 2.75) is 26.2 Å². The summed E-state index contributed by atoms with van der Waals surface area (Å²) >= 11 is 0. The second-order valence-corrected chi connectivity index (χ2v) is 38.6. The number of benzene rings is 16. The van der Waals surface area contributed by atoms with Crippen molar-refractivity contribution in [3.8, 4) is 67.2 Å². The maximum Gasteiger partial charge on any atom is 0.136 e. The van der Waals surface area contributed by atoms with Crippen molar-refractivity contribution in [3.05, 3.63) is 413 Å². The Balaban J connectivity index is 0.000000151. The summed E-state index contributed by atoms with van der Waals surface area (Å²) in [5, 5.41) is 8.00. The van der Waals surface area contributed by atoms with E-state index in [-0.39, 0.29) is 0 Å². The number of fused-ring (bicyclic) bond motifs is 10. The largest absolute Gasteiger partial charge is 0.456 e. The quantitative estimate of drug-likeness (QED) is 0.0898. The zero-order chi connectivity index (χ0) is 75.3. The molecule has 16 aromatic carbocycles. The third-order valence-electron chi connectivity index (χ3n) is 22.4. The van der Waals surface area contributed by atoms with Gasteiger partial charge in [-0.3, -0.25) is 0 Å². The van der Waals surface area contributed by atoms with Crippen molar-refractivity contribution >= 4 is 127 Å². The average Bonchev–Trinajstić information content (AvgIpc) is 1.55.